The van der Waals surface area contributed by atoms with E-state index >= 15 is 0 Å². The van der Waals surface area contributed by atoms with Gasteiger partial charge >= 0.3 is 5.97 Å². The molecule has 0 saturated carbocycles. The Labute approximate surface area is 134 Å². The molecule has 4 nitrogen and oxygen atoms in total. The molecule has 2 heterocycles. The van der Waals surface area contributed by atoms with Crippen LogP contribution < -0.4 is 5.32 Å². The van der Waals surface area contributed by atoms with E-state index in [1.54, 1.807) is 0 Å². The Morgan fingerprint density at radius 1 is 1.23 bits per heavy atom. The zero-order valence-corrected chi connectivity index (χ0v) is 12.8. The number of hydrogen-bond acceptors (Lipinski definition) is 2. The number of nitrogens with one attached hydrogen (secondary N) is 2. The van der Waals surface area contributed by atoms with Crippen molar-refractivity contribution in [3.8, 4) is 0 Å². The van der Waals surface area contributed by atoms with Crippen molar-refractivity contribution in [3.05, 3.63) is 52.7 Å². The fraction of sp³-hybridized carbons (Fsp3) is 0.235. The normalized spacial score (nSPS) is 16.8. The molecule has 0 radical (unpaired) electrons. The van der Waals surface area contributed by atoms with E-state index in [0.29, 0.717) is 12.1 Å². The van der Waals surface area contributed by atoms with E-state index in [-0.39, 0.29) is 12.4 Å². The van der Waals surface area contributed by atoms with E-state index in [2.05, 4.69) is 28.5 Å². The average molecular weight is 317 g/mol. The number of H-pyrrole nitrogens is 1. The largest absolute Gasteiger partial charge is 0.478 e. The lowest BCUT2D eigenvalue weighted by molar-refractivity contribution is -0.132. The minimum Gasteiger partial charge on any atom is -0.478 e. The quantitative estimate of drug-likeness (QED) is 0.756. The molecule has 0 atom stereocenters. The number of fused-ring (bicyclic) bond motifs is 3. The van der Waals surface area contributed by atoms with Crippen molar-refractivity contribution >= 4 is 35.0 Å². The van der Waals surface area contributed by atoms with E-state index in [0.717, 1.165) is 36.0 Å². The SMILES string of the molecule is Cl.O=C(O)C1=CC2=C(NC1)c1cc3cc[nH]c3cc1CCC2. The maximum absolute atomic E-state index is 11.2. The van der Waals surface area contributed by atoms with Crippen LogP contribution in [0.3, 0.4) is 0 Å². The van der Waals surface area contributed by atoms with Gasteiger partial charge in [0, 0.05) is 34.9 Å². The number of carboxylic acid groups (broad SMARTS) is 1. The van der Waals surface area contributed by atoms with Crippen LogP contribution in [0.1, 0.15) is 24.0 Å². The first-order valence-electron chi connectivity index (χ1n) is 7.23. The maximum atomic E-state index is 11.2. The van der Waals surface area contributed by atoms with Gasteiger partial charge in [-0.3, -0.25) is 0 Å². The first kappa shape index (κ1) is 14.7. The molecule has 4 rings (SSSR count). The molecule has 22 heavy (non-hydrogen) atoms. The summed E-state index contributed by atoms with van der Waals surface area (Å²) in [5.74, 6) is -0.834. The van der Waals surface area contributed by atoms with Gasteiger partial charge in [-0.05, 0) is 54.7 Å². The first-order chi connectivity index (χ1) is 10.2. The lowest BCUT2D eigenvalue weighted by Gasteiger charge is -2.21. The van der Waals surface area contributed by atoms with Gasteiger partial charge in [0.25, 0.3) is 0 Å². The molecule has 0 saturated heterocycles. The van der Waals surface area contributed by atoms with E-state index in [1.807, 2.05) is 12.3 Å². The van der Waals surface area contributed by atoms with Gasteiger partial charge in [0.05, 0.1) is 5.57 Å². The molecular formula is C17H17ClN2O2. The molecule has 2 aliphatic rings. The summed E-state index contributed by atoms with van der Waals surface area (Å²) in [5, 5.41) is 13.7. The smallest absolute Gasteiger partial charge is 0.333 e. The lowest BCUT2D eigenvalue weighted by atomic mass is 9.96. The summed E-state index contributed by atoms with van der Waals surface area (Å²) in [4.78, 5) is 14.4. The van der Waals surface area contributed by atoms with Crippen molar-refractivity contribution in [2.75, 3.05) is 6.54 Å². The Bertz CT molecular complexity index is 817. The first-order valence-corrected chi connectivity index (χ1v) is 7.23. The fourth-order valence-corrected chi connectivity index (χ4v) is 3.29. The molecule has 114 valence electrons. The molecule has 1 aromatic heterocycles. The molecule has 1 aliphatic heterocycles. The number of aryl methyl sites for hydroxylation is 1. The van der Waals surface area contributed by atoms with Crippen LogP contribution in [0.5, 0.6) is 0 Å². The minimum absolute atomic E-state index is 0. The van der Waals surface area contributed by atoms with Gasteiger partial charge in [0.15, 0.2) is 0 Å². The number of aliphatic carboxylic acids is 1. The van der Waals surface area contributed by atoms with Crippen LogP contribution in [0.15, 0.2) is 41.6 Å². The third kappa shape index (κ3) is 2.29. The highest BCUT2D eigenvalue weighted by atomic mass is 35.5. The van der Waals surface area contributed by atoms with E-state index < -0.39 is 5.97 Å². The van der Waals surface area contributed by atoms with Gasteiger partial charge in [-0.2, -0.15) is 0 Å². The number of aromatic nitrogens is 1. The van der Waals surface area contributed by atoms with Crippen LogP contribution in [0.25, 0.3) is 16.6 Å². The second-order valence-corrected chi connectivity index (χ2v) is 5.66. The number of halogens is 1. The molecule has 0 amide bonds. The highest BCUT2D eigenvalue weighted by molar-refractivity contribution is 5.92. The van der Waals surface area contributed by atoms with Crippen molar-refractivity contribution in [3.63, 3.8) is 0 Å². The number of carboxylic acids is 1. The lowest BCUT2D eigenvalue weighted by Crippen LogP contribution is -2.24. The third-order valence-corrected chi connectivity index (χ3v) is 4.34. The standard InChI is InChI=1S/C17H16N2O2.ClH/c20-17(21)13-6-12-3-1-2-10-8-15-11(4-5-18-15)7-14(10)16(12)19-9-13;/h4-8,18-19H,1-3,9H2,(H,20,21);1H. The second-order valence-electron chi connectivity index (χ2n) is 5.66. The van der Waals surface area contributed by atoms with Crippen LogP contribution in [-0.2, 0) is 11.2 Å². The minimum atomic E-state index is -0.834. The summed E-state index contributed by atoms with van der Waals surface area (Å²) in [6.45, 7) is 0.388. The molecular weight excluding hydrogens is 300 g/mol. The molecule has 2 aromatic rings. The van der Waals surface area contributed by atoms with Gasteiger partial charge < -0.3 is 15.4 Å². The predicted octanol–water partition coefficient (Wildman–Crippen LogP) is 3.25. The monoisotopic (exact) mass is 316 g/mol. The second kappa shape index (κ2) is 5.54. The number of allylic oxidation sites excluding steroid dienone is 2. The summed E-state index contributed by atoms with van der Waals surface area (Å²) in [5.41, 5.74) is 6.38. The van der Waals surface area contributed by atoms with Crippen molar-refractivity contribution < 1.29 is 9.90 Å². The zero-order valence-electron chi connectivity index (χ0n) is 12.0. The van der Waals surface area contributed by atoms with Crippen molar-refractivity contribution in [1.82, 2.24) is 10.3 Å². The van der Waals surface area contributed by atoms with Crippen molar-refractivity contribution in [1.29, 1.82) is 0 Å². The van der Waals surface area contributed by atoms with Gasteiger partial charge in [-0.15, -0.1) is 12.4 Å². The Morgan fingerprint density at radius 3 is 2.91 bits per heavy atom. The molecule has 1 aliphatic carbocycles. The molecule has 1 aromatic carbocycles. The summed E-state index contributed by atoms with van der Waals surface area (Å²) in [6, 6.07) is 6.50. The summed E-state index contributed by atoms with van der Waals surface area (Å²) >= 11 is 0. The van der Waals surface area contributed by atoms with Gasteiger partial charge in [-0.25, -0.2) is 4.79 Å². The highest BCUT2D eigenvalue weighted by Gasteiger charge is 2.22. The Hall–Kier alpha value is -2.20. The van der Waals surface area contributed by atoms with Gasteiger partial charge in [-0.1, -0.05) is 0 Å². The molecule has 0 unspecified atom stereocenters. The summed E-state index contributed by atoms with van der Waals surface area (Å²) in [7, 11) is 0. The Morgan fingerprint density at radius 2 is 2.09 bits per heavy atom. The van der Waals surface area contributed by atoms with E-state index in [4.69, 9.17) is 0 Å². The topological polar surface area (TPSA) is 65.1 Å². The molecule has 3 N–H and O–H groups in total. The van der Waals surface area contributed by atoms with E-state index in [9.17, 15) is 9.90 Å². The number of dihydropyridines is 1. The van der Waals surface area contributed by atoms with Crippen molar-refractivity contribution in [2.24, 2.45) is 0 Å². The van der Waals surface area contributed by atoms with Crippen LogP contribution >= 0.6 is 12.4 Å². The molecule has 0 fully saturated rings. The predicted molar refractivity (Wildman–Crippen MR) is 89.1 cm³/mol. The summed E-state index contributed by atoms with van der Waals surface area (Å²) < 4.78 is 0. The molecule has 0 bridgehead atoms. The van der Waals surface area contributed by atoms with E-state index in [1.165, 1.54) is 16.5 Å². The van der Waals surface area contributed by atoms with Gasteiger partial charge in [0.1, 0.15) is 0 Å². The molecule has 0 spiro atoms. The summed E-state index contributed by atoms with van der Waals surface area (Å²) in [6.07, 6.45) is 6.79. The Kier molecular flexibility index (Phi) is 3.71. The Balaban J connectivity index is 0.00000144. The number of carbonyl (C=O) groups is 1. The van der Waals surface area contributed by atoms with Crippen molar-refractivity contribution in [2.45, 2.75) is 19.3 Å². The number of rotatable bonds is 1. The zero-order chi connectivity index (χ0) is 14.4. The van der Waals surface area contributed by atoms with Crippen LogP contribution in [-0.4, -0.2) is 22.6 Å². The number of hydrogen-bond donors (Lipinski definition) is 3. The number of aromatic amines is 1. The van der Waals surface area contributed by atoms with Crippen LogP contribution in [0, 0.1) is 0 Å². The average Bonchev–Trinajstić information content (AvgIpc) is 2.85. The maximum Gasteiger partial charge on any atom is 0.333 e. The van der Waals surface area contributed by atoms with Crippen LogP contribution in [0.2, 0.25) is 0 Å². The van der Waals surface area contributed by atoms with Crippen LogP contribution in [0.4, 0.5) is 0 Å². The van der Waals surface area contributed by atoms with Gasteiger partial charge in [0.2, 0.25) is 0 Å². The third-order valence-electron chi connectivity index (χ3n) is 4.34. The highest BCUT2D eigenvalue weighted by Crippen LogP contribution is 2.34. The molecule has 5 heteroatoms. The fourth-order valence-electron chi connectivity index (χ4n) is 3.29. The number of benzene rings is 1.